The highest BCUT2D eigenvalue weighted by atomic mass is 32.2. The number of carbonyl (C=O) groups excluding carboxylic acids is 1. The molecule has 0 atom stereocenters. The molecule has 9 heteroatoms. The summed E-state index contributed by atoms with van der Waals surface area (Å²) in [5.74, 6) is 0.795. The lowest BCUT2D eigenvalue weighted by molar-refractivity contribution is 0.241. The number of methoxy groups -OCH3 is 1. The first-order valence-corrected chi connectivity index (χ1v) is 11.5. The quantitative estimate of drug-likeness (QED) is 0.672. The lowest BCUT2D eigenvalue weighted by Gasteiger charge is -2.21. The molecule has 160 valence electrons. The third-order valence-electron chi connectivity index (χ3n) is 5.25. The van der Waals surface area contributed by atoms with E-state index in [-0.39, 0.29) is 25.2 Å². The molecule has 30 heavy (non-hydrogen) atoms. The van der Waals surface area contributed by atoms with Crippen LogP contribution in [0.15, 0.2) is 48.5 Å². The number of nitrogens with zero attached hydrogens (tertiary/aromatic N) is 2. The van der Waals surface area contributed by atoms with Crippen molar-refractivity contribution in [3.8, 4) is 5.75 Å². The van der Waals surface area contributed by atoms with Crippen molar-refractivity contribution in [2.24, 2.45) is 0 Å². The van der Waals surface area contributed by atoms with Crippen molar-refractivity contribution in [2.75, 3.05) is 35.4 Å². The predicted molar refractivity (Wildman–Crippen MR) is 116 cm³/mol. The van der Waals surface area contributed by atoms with Crippen LogP contribution in [0.2, 0.25) is 0 Å². The van der Waals surface area contributed by atoms with E-state index >= 15 is 0 Å². The number of urea groups is 1. The third-order valence-corrected chi connectivity index (χ3v) is 7.18. The van der Waals surface area contributed by atoms with Crippen molar-refractivity contribution in [2.45, 2.75) is 25.3 Å². The smallest absolute Gasteiger partial charge is 0.326 e. The maximum Gasteiger partial charge on any atom is 0.326 e. The van der Waals surface area contributed by atoms with Gasteiger partial charge < -0.3 is 15.4 Å². The lowest BCUT2D eigenvalue weighted by Crippen LogP contribution is -2.44. The van der Waals surface area contributed by atoms with Crippen molar-refractivity contribution in [1.82, 2.24) is 10.6 Å². The molecule has 0 aromatic heterocycles. The molecule has 1 saturated carbocycles. The van der Waals surface area contributed by atoms with Gasteiger partial charge in [-0.3, -0.25) is 0 Å². The second-order valence-electron chi connectivity index (χ2n) is 7.38. The Morgan fingerprint density at radius 3 is 2.37 bits per heavy atom. The molecule has 1 fully saturated rings. The van der Waals surface area contributed by atoms with E-state index in [4.69, 9.17) is 4.74 Å². The standard InChI is InChI=1S/C21H26N4O4S/c1-29-18-10-6-16(7-11-18)12-13-22-21(26)23-14-15-24-19-4-2-3-5-20(19)25(17-8-9-17)30(24,27)28/h2-7,10-11,17H,8-9,12-15H2,1H3,(H2,22,23,26). The zero-order valence-electron chi connectivity index (χ0n) is 16.9. The van der Waals surface area contributed by atoms with E-state index in [1.54, 1.807) is 7.11 Å². The summed E-state index contributed by atoms with van der Waals surface area (Å²) in [4.78, 5) is 12.1. The fourth-order valence-corrected chi connectivity index (χ4v) is 5.52. The van der Waals surface area contributed by atoms with Gasteiger partial charge in [0.05, 0.1) is 25.0 Å². The fraction of sp³-hybridized carbons (Fsp3) is 0.381. The summed E-state index contributed by atoms with van der Waals surface area (Å²) >= 11 is 0. The van der Waals surface area contributed by atoms with E-state index in [1.807, 2.05) is 48.5 Å². The number of amides is 2. The van der Waals surface area contributed by atoms with E-state index in [0.717, 1.165) is 29.8 Å². The molecule has 2 aliphatic rings. The van der Waals surface area contributed by atoms with Crippen LogP contribution in [0.1, 0.15) is 18.4 Å². The fourth-order valence-electron chi connectivity index (χ4n) is 3.59. The number of para-hydroxylation sites is 2. The summed E-state index contributed by atoms with van der Waals surface area (Å²) in [6.45, 7) is 0.896. The molecule has 2 N–H and O–H groups in total. The molecule has 1 aliphatic heterocycles. The van der Waals surface area contributed by atoms with Gasteiger partial charge in [0.25, 0.3) is 0 Å². The zero-order valence-corrected chi connectivity index (χ0v) is 17.7. The van der Waals surface area contributed by atoms with Crippen LogP contribution in [0, 0.1) is 0 Å². The number of hydrogen-bond donors (Lipinski definition) is 2. The molecule has 2 amide bonds. The van der Waals surface area contributed by atoms with Crippen molar-refractivity contribution >= 4 is 27.6 Å². The van der Waals surface area contributed by atoms with Crippen LogP contribution >= 0.6 is 0 Å². The average Bonchev–Trinajstić information content (AvgIpc) is 3.54. The molecule has 0 spiro atoms. The molecule has 4 rings (SSSR count). The zero-order chi connectivity index (χ0) is 21.1. The van der Waals surface area contributed by atoms with Gasteiger partial charge in [-0.2, -0.15) is 8.42 Å². The van der Waals surface area contributed by atoms with Gasteiger partial charge in [0, 0.05) is 19.1 Å². The van der Waals surface area contributed by atoms with Gasteiger partial charge in [-0.05, 0) is 49.1 Å². The van der Waals surface area contributed by atoms with Gasteiger partial charge in [-0.1, -0.05) is 24.3 Å². The van der Waals surface area contributed by atoms with Gasteiger partial charge in [-0.15, -0.1) is 0 Å². The number of ether oxygens (including phenoxy) is 1. The topological polar surface area (TPSA) is 91.0 Å². The molecule has 1 heterocycles. The highest BCUT2D eigenvalue weighted by Gasteiger charge is 2.47. The first-order chi connectivity index (χ1) is 14.5. The largest absolute Gasteiger partial charge is 0.497 e. The van der Waals surface area contributed by atoms with E-state index in [0.29, 0.717) is 18.7 Å². The Labute approximate surface area is 177 Å². The minimum Gasteiger partial charge on any atom is -0.497 e. The van der Waals surface area contributed by atoms with Crippen LogP contribution in [0.3, 0.4) is 0 Å². The summed E-state index contributed by atoms with van der Waals surface area (Å²) in [5, 5.41) is 5.55. The number of carbonyl (C=O) groups is 1. The van der Waals surface area contributed by atoms with Crippen LogP contribution in [-0.4, -0.2) is 47.2 Å². The molecule has 0 bridgehead atoms. The number of anilines is 2. The average molecular weight is 431 g/mol. The van der Waals surface area contributed by atoms with Crippen molar-refractivity contribution < 1.29 is 17.9 Å². The number of hydrogen-bond acceptors (Lipinski definition) is 4. The number of benzene rings is 2. The number of nitrogens with one attached hydrogen (secondary N) is 2. The highest BCUT2D eigenvalue weighted by molar-refractivity contribution is 7.94. The van der Waals surface area contributed by atoms with Crippen molar-refractivity contribution in [1.29, 1.82) is 0 Å². The minimum atomic E-state index is -3.60. The summed E-state index contributed by atoms with van der Waals surface area (Å²) < 4.78 is 34.0. The molecule has 1 aliphatic carbocycles. The second-order valence-corrected chi connectivity index (χ2v) is 9.11. The maximum atomic E-state index is 13.0. The Balaban J connectivity index is 1.27. The van der Waals surface area contributed by atoms with Crippen LogP contribution in [0.4, 0.5) is 16.2 Å². The van der Waals surface area contributed by atoms with Gasteiger partial charge in [0.2, 0.25) is 0 Å². The summed E-state index contributed by atoms with van der Waals surface area (Å²) in [5.41, 5.74) is 2.49. The Morgan fingerprint density at radius 1 is 1.03 bits per heavy atom. The first kappa shape index (κ1) is 20.3. The lowest BCUT2D eigenvalue weighted by atomic mass is 10.1. The van der Waals surface area contributed by atoms with E-state index < -0.39 is 10.2 Å². The second kappa shape index (κ2) is 8.43. The molecule has 0 saturated heterocycles. The van der Waals surface area contributed by atoms with Gasteiger partial charge in [0.15, 0.2) is 0 Å². The number of rotatable bonds is 8. The molecule has 0 unspecified atom stereocenters. The predicted octanol–water partition coefficient (Wildman–Crippen LogP) is 2.27. The molecule has 2 aromatic carbocycles. The van der Waals surface area contributed by atoms with E-state index in [9.17, 15) is 13.2 Å². The minimum absolute atomic E-state index is 0.0513. The Morgan fingerprint density at radius 2 is 1.70 bits per heavy atom. The monoisotopic (exact) mass is 430 g/mol. The molecular formula is C21H26N4O4S. The Bertz CT molecular complexity index is 1010. The first-order valence-electron chi connectivity index (χ1n) is 10.1. The van der Waals surface area contributed by atoms with Crippen LogP contribution in [0.25, 0.3) is 0 Å². The van der Waals surface area contributed by atoms with Crippen molar-refractivity contribution in [3.05, 3.63) is 54.1 Å². The highest BCUT2D eigenvalue weighted by Crippen LogP contribution is 2.46. The normalized spacial score (nSPS) is 16.8. The Hall–Kier alpha value is -2.94. The van der Waals surface area contributed by atoms with Gasteiger partial charge in [0.1, 0.15) is 5.75 Å². The SMILES string of the molecule is COc1ccc(CCNC(=O)NCCN2c3ccccc3N(C3CC3)S2(=O)=O)cc1. The molecule has 8 nitrogen and oxygen atoms in total. The third kappa shape index (κ3) is 4.16. The van der Waals surface area contributed by atoms with E-state index in [1.165, 1.54) is 8.61 Å². The Kier molecular flexibility index (Phi) is 5.72. The van der Waals surface area contributed by atoms with Crippen LogP contribution < -0.4 is 24.0 Å². The maximum absolute atomic E-state index is 13.0. The summed E-state index contributed by atoms with van der Waals surface area (Å²) in [6, 6.07) is 14.7. The van der Waals surface area contributed by atoms with Gasteiger partial charge in [-0.25, -0.2) is 13.4 Å². The van der Waals surface area contributed by atoms with Crippen LogP contribution in [-0.2, 0) is 16.6 Å². The van der Waals surface area contributed by atoms with Crippen molar-refractivity contribution in [3.63, 3.8) is 0 Å². The van der Waals surface area contributed by atoms with Crippen LogP contribution in [0.5, 0.6) is 5.75 Å². The van der Waals surface area contributed by atoms with E-state index in [2.05, 4.69) is 10.6 Å². The molecule has 0 radical (unpaired) electrons. The molecular weight excluding hydrogens is 404 g/mol. The number of fused-ring (bicyclic) bond motifs is 1. The summed E-state index contributed by atoms with van der Waals surface area (Å²) in [6.07, 6.45) is 2.47. The molecule has 2 aromatic rings. The van der Waals surface area contributed by atoms with Gasteiger partial charge >= 0.3 is 16.2 Å². The summed E-state index contributed by atoms with van der Waals surface area (Å²) in [7, 11) is -1.97.